The third-order valence-corrected chi connectivity index (χ3v) is 3.31. The van der Waals surface area contributed by atoms with Crippen LogP contribution in [-0.2, 0) is 0 Å². The van der Waals surface area contributed by atoms with Crippen molar-refractivity contribution in [3.8, 4) is 0 Å². The molecule has 0 aromatic heterocycles. The van der Waals surface area contributed by atoms with Crippen LogP contribution >= 0.6 is 22.6 Å². The maximum atomic E-state index is 11.9. The maximum Gasteiger partial charge on any atom is 0.251 e. The molecule has 0 saturated heterocycles. The van der Waals surface area contributed by atoms with Crippen LogP contribution in [0.2, 0.25) is 0 Å². The van der Waals surface area contributed by atoms with Crippen LogP contribution < -0.4 is 5.32 Å². The zero-order valence-electron chi connectivity index (χ0n) is 10.7. The fraction of sp³-hybridized carbons (Fsp3) is 0.500. The van der Waals surface area contributed by atoms with Crippen LogP contribution in [0.5, 0.6) is 0 Å². The third-order valence-electron chi connectivity index (χ3n) is 2.64. The lowest BCUT2D eigenvalue weighted by Crippen LogP contribution is -2.32. The Kier molecular flexibility index (Phi) is 5.95. The van der Waals surface area contributed by atoms with Crippen molar-refractivity contribution >= 4 is 28.5 Å². The summed E-state index contributed by atoms with van der Waals surface area (Å²) in [4.78, 5) is 11.9. The number of rotatable bonds is 5. The first-order valence-electron chi connectivity index (χ1n) is 6.05. The molecular weight excluding hydrogens is 325 g/mol. The normalized spacial score (nSPS) is 12.5. The Hall–Kier alpha value is -0.580. The van der Waals surface area contributed by atoms with E-state index in [1.807, 2.05) is 24.3 Å². The minimum atomic E-state index is 0.0276. The quantitative estimate of drug-likeness (QED) is 0.807. The van der Waals surface area contributed by atoms with Gasteiger partial charge in [0.2, 0.25) is 0 Å². The van der Waals surface area contributed by atoms with Gasteiger partial charge in [0.25, 0.3) is 5.91 Å². The van der Waals surface area contributed by atoms with Gasteiger partial charge in [0.15, 0.2) is 0 Å². The van der Waals surface area contributed by atoms with Gasteiger partial charge in [-0.3, -0.25) is 4.79 Å². The van der Waals surface area contributed by atoms with Gasteiger partial charge >= 0.3 is 0 Å². The van der Waals surface area contributed by atoms with Gasteiger partial charge in [0.05, 0.1) is 0 Å². The SMILES string of the molecule is CC(C)CCC(C)NC(=O)c1cccc(I)c1. The Bertz CT molecular complexity index is 376. The first kappa shape index (κ1) is 14.5. The lowest BCUT2D eigenvalue weighted by Gasteiger charge is -2.15. The molecule has 1 amide bonds. The molecule has 1 atom stereocenters. The summed E-state index contributed by atoms with van der Waals surface area (Å²) in [5, 5.41) is 3.04. The van der Waals surface area contributed by atoms with Gasteiger partial charge in [0.1, 0.15) is 0 Å². The van der Waals surface area contributed by atoms with Crippen molar-refractivity contribution < 1.29 is 4.79 Å². The van der Waals surface area contributed by atoms with Gasteiger partial charge in [-0.1, -0.05) is 19.9 Å². The zero-order valence-corrected chi connectivity index (χ0v) is 12.8. The number of carbonyl (C=O) groups excluding carboxylic acids is 1. The predicted octanol–water partition coefficient (Wildman–Crippen LogP) is 3.85. The monoisotopic (exact) mass is 345 g/mol. The number of hydrogen-bond acceptors (Lipinski definition) is 1. The van der Waals surface area contributed by atoms with Gasteiger partial charge in [-0.25, -0.2) is 0 Å². The molecule has 94 valence electrons. The molecular formula is C14H20INO. The highest BCUT2D eigenvalue weighted by molar-refractivity contribution is 14.1. The van der Waals surface area contributed by atoms with E-state index in [1.165, 1.54) is 0 Å². The molecule has 0 aliphatic carbocycles. The molecule has 3 heteroatoms. The van der Waals surface area contributed by atoms with E-state index in [4.69, 9.17) is 0 Å². The molecule has 0 aliphatic rings. The Morgan fingerprint density at radius 1 is 1.29 bits per heavy atom. The summed E-state index contributed by atoms with van der Waals surface area (Å²) in [5.41, 5.74) is 0.744. The Labute approximate surface area is 117 Å². The van der Waals surface area contributed by atoms with Crippen molar-refractivity contribution in [1.82, 2.24) is 5.32 Å². The van der Waals surface area contributed by atoms with E-state index in [2.05, 4.69) is 48.7 Å². The van der Waals surface area contributed by atoms with Gasteiger partial charge in [-0.2, -0.15) is 0 Å². The lowest BCUT2D eigenvalue weighted by molar-refractivity contribution is 0.0937. The Morgan fingerprint density at radius 3 is 2.59 bits per heavy atom. The molecule has 0 aliphatic heterocycles. The molecule has 1 rings (SSSR count). The molecule has 0 bridgehead atoms. The first-order valence-corrected chi connectivity index (χ1v) is 7.13. The summed E-state index contributed by atoms with van der Waals surface area (Å²) in [6.45, 7) is 6.47. The second-order valence-electron chi connectivity index (χ2n) is 4.86. The largest absolute Gasteiger partial charge is 0.350 e. The second kappa shape index (κ2) is 6.99. The summed E-state index contributed by atoms with van der Waals surface area (Å²) in [7, 11) is 0. The molecule has 0 fully saturated rings. The summed E-state index contributed by atoms with van der Waals surface area (Å²) < 4.78 is 1.09. The van der Waals surface area contributed by atoms with Crippen molar-refractivity contribution in [2.45, 2.75) is 39.7 Å². The molecule has 17 heavy (non-hydrogen) atoms. The van der Waals surface area contributed by atoms with Crippen LogP contribution in [0.15, 0.2) is 24.3 Å². The van der Waals surface area contributed by atoms with Crippen molar-refractivity contribution in [3.63, 3.8) is 0 Å². The van der Waals surface area contributed by atoms with Crippen molar-refractivity contribution in [2.75, 3.05) is 0 Å². The number of hydrogen-bond donors (Lipinski definition) is 1. The van der Waals surface area contributed by atoms with Crippen LogP contribution in [0.3, 0.4) is 0 Å². The number of amides is 1. The zero-order chi connectivity index (χ0) is 12.8. The van der Waals surface area contributed by atoms with Gasteiger partial charge < -0.3 is 5.32 Å². The van der Waals surface area contributed by atoms with Crippen molar-refractivity contribution in [1.29, 1.82) is 0 Å². The van der Waals surface area contributed by atoms with E-state index in [0.717, 1.165) is 22.0 Å². The summed E-state index contributed by atoms with van der Waals surface area (Å²) in [6.07, 6.45) is 2.18. The van der Waals surface area contributed by atoms with E-state index in [-0.39, 0.29) is 11.9 Å². The Balaban J connectivity index is 2.49. The molecule has 2 nitrogen and oxygen atoms in total. The van der Waals surface area contributed by atoms with E-state index >= 15 is 0 Å². The summed E-state index contributed by atoms with van der Waals surface area (Å²) in [6, 6.07) is 7.90. The standard InChI is InChI=1S/C14H20INO/c1-10(2)7-8-11(3)16-14(17)12-5-4-6-13(15)9-12/h4-6,9-11H,7-8H2,1-3H3,(H,16,17). The van der Waals surface area contributed by atoms with Crippen LogP contribution in [0, 0.1) is 9.49 Å². The topological polar surface area (TPSA) is 29.1 Å². The lowest BCUT2D eigenvalue weighted by atomic mass is 10.0. The third kappa shape index (κ3) is 5.52. The fourth-order valence-corrected chi connectivity index (χ4v) is 2.14. The molecule has 0 saturated carbocycles. The van der Waals surface area contributed by atoms with Gasteiger partial charge in [-0.05, 0) is 66.5 Å². The minimum absolute atomic E-state index is 0.0276. The maximum absolute atomic E-state index is 11.9. The predicted molar refractivity (Wildman–Crippen MR) is 80.2 cm³/mol. The summed E-state index contributed by atoms with van der Waals surface area (Å²) in [5.74, 6) is 0.715. The number of halogens is 1. The van der Waals surface area contributed by atoms with Crippen molar-refractivity contribution in [3.05, 3.63) is 33.4 Å². The van der Waals surface area contributed by atoms with Crippen LogP contribution in [0.1, 0.15) is 44.0 Å². The molecule has 0 heterocycles. The summed E-state index contributed by atoms with van der Waals surface area (Å²) >= 11 is 2.22. The molecule has 1 unspecified atom stereocenters. The van der Waals surface area contributed by atoms with E-state index in [0.29, 0.717) is 5.92 Å². The van der Waals surface area contributed by atoms with Crippen molar-refractivity contribution in [2.24, 2.45) is 5.92 Å². The number of carbonyl (C=O) groups is 1. The number of nitrogens with one attached hydrogen (secondary N) is 1. The van der Waals surface area contributed by atoms with E-state index < -0.39 is 0 Å². The molecule has 1 aromatic carbocycles. The molecule has 1 aromatic rings. The van der Waals surface area contributed by atoms with Gasteiger partial charge in [0, 0.05) is 15.2 Å². The average Bonchev–Trinajstić information content (AvgIpc) is 2.26. The highest BCUT2D eigenvalue weighted by Crippen LogP contribution is 2.10. The van der Waals surface area contributed by atoms with E-state index in [9.17, 15) is 4.79 Å². The Morgan fingerprint density at radius 2 is 2.00 bits per heavy atom. The molecule has 1 N–H and O–H groups in total. The highest BCUT2D eigenvalue weighted by atomic mass is 127. The van der Waals surface area contributed by atoms with Crippen LogP contribution in [0.25, 0.3) is 0 Å². The molecule has 0 spiro atoms. The highest BCUT2D eigenvalue weighted by Gasteiger charge is 2.10. The smallest absolute Gasteiger partial charge is 0.251 e. The van der Waals surface area contributed by atoms with Crippen LogP contribution in [0.4, 0.5) is 0 Å². The van der Waals surface area contributed by atoms with Crippen LogP contribution in [-0.4, -0.2) is 11.9 Å². The average molecular weight is 345 g/mol. The van der Waals surface area contributed by atoms with E-state index in [1.54, 1.807) is 0 Å². The first-order chi connectivity index (χ1) is 7.99. The minimum Gasteiger partial charge on any atom is -0.350 e. The molecule has 0 radical (unpaired) electrons. The van der Waals surface area contributed by atoms with Gasteiger partial charge in [-0.15, -0.1) is 0 Å². The number of benzene rings is 1. The fourth-order valence-electron chi connectivity index (χ4n) is 1.59. The second-order valence-corrected chi connectivity index (χ2v) is 6.10.